The molecule has 16 heavy (non-hydrogen) atoms. The first-order chi connectivity index (χ1) is 7.38. The van der Waals surface area contributed by atoms with Crippen LogP contribution in [0.15, 0.2) is 30.9 Å². The van der Waals surface area contributed by atoms with Crippen LogP contribution in [-0.2, 0) is 5.41 Å². The van der Waals surface area contributed by atoms with Crippen molar-refractivity contribution < 1.29 is 4.74 Å². The van der Waals surface area contributed by atoms with Crippen LogP contribution in [0.3, 0.4) is 0 Å². The van der Waals surface area contributed by atoms with E-state index in [9.17, 15) is 0 Å². The SMILES string of the molecule is C=C[C](C)c1cc(OC)cc(C(C)(C)C)c1. The minimum Gasteiger partial charge on any atom is -0.497 e. The zero-order valence-corrected chi connectivity index (χ0v) is 10.9. The molecule has 1 rings (SSSR count). The number of hydrogen-bond donors (Lipinski definition) is 0. The van der Waals surface area contributed by atoms with Crippen LogP contribution in [0.4, 0.5) is 0 Å². The molecule has 0 spiro atoms. The van der Waals surface area contributed by atoms with Gasteiger partial charge in [0.15, 0.2) is 0 Å². The van der Waals surface area contributed by atoms with Gasteiger partial charge >= 0.3 is 0 Å². The van der Waals surface area contributed by atoms with Gasteiger partial charge in [0, 0.05) is 5.92 Å². The number of rotatable bonds is 3. The fourth-order valence-corrected chi connectivity index (χ4v) is 1.50. The summed E-state index contributed by atoms with van der Waals surface area (Å²) in [7, 11) is 1.70. The molecule has 87 valence electrons. The third-order valence-electron chi connectivity index (χ3n) is 2.77. The molecule has 0 aliphatic carbocycles. The van der Waals surface area contributed by atoms with Gasteiger partial charge < -0.3 is 4.74 Å². The molecule has 1 radical (unpaired) electrons. The normalized spacial score (nSPS) is 11.6. The highest BCUT2D eigenvalue weighted by molar-refractivity contribution is 5.45. The van der Waals surface area contributed by atoms with Crippen molar-refractivity contribution >= 4 is 0 Å². The fraction of sp³-hybridized carbons (Fsp3) is 0.400. The van der Waals surface area contributed by atoms with E-state index in [-0.39, 0.29) is 5.41 Å². The standard InChI is InChI=1S/C15H21O/c1-7-11(2)12-8-13(15(3,4)5)10-14(9-12)16-6/h7-10H,1H2,2-6H3. The summed E-state index contributed by atoms with van der Waals surface area (Å²) < 4.78 is 5.34. The van der Waals surface area contributed by atoms with Gasteiger partial charge in [0.25, 0.3) is 0 Å². The molecule has 0 amide bonds. The second-order valence-corrected chi connectivity index (χ2v) is 5.09. The molecule has 0 unspecified atom stereocenters. The van der Waals surface area contributed by atoms with Crippen LogP contribution in [0.25, 0.3) is 0 Å². The summed E-state index contributed by atoms with van der Waals surface area (Å²) in [6, 6.07) is 6.35. The molecule has 1 aromatic rings. The minimum atomic E-state index is 0.130. The molecule has 0 heterocycles. The Labute approximate surface area is 99.1 Å². The summed E-state index contributed by atoms with van der Waals surface area (Å²) in [6.07, 6.45) is 1.88. The van der Waals surface area contributed by atoms with Crippen LogP contribution in [0.1, 0.15) is 38.8 Å². The predicted octanol–water partition coefficient (Wildman–Crippen LogP) is 4.12. The number of allylic oxidation sites excluding steroid dienone is 1. The summed E-state index contributed by atoms with van der Waals surface area (Å²) in [5, 5.41) is 0. The molecule has 0 atom stereocenters. The molecule has 0 fully saturated rings. The van der Waals surface area contributed by atoms with E-state index in [4.69, 9.17) is 4.74 Å². The Morgan fingerprint density at radius 1 is 1.25 bits per heavy atom. The van der Waals surface area contributed by atoms with E-state index in [1.54, 1.807) is 7.11 Å². The quantitative estimate of drug-likeness (QED) is 0.740. The Morgan fingerprint density at radius 2 is 1.88 bits per heavy atom. The van der Waals surface area contributed by atoms with Gasteiger partial charge in [-0.05, 0) is 28.7 Å². The predicted molar refractivity (Wildman–Crippen MR) is 69.9 cm³/mol. The maximum Gasteiger partial charge on any atom is 0.119 e. The van der Waals surface area contributed by atoms with Gasteiger partial charge in [-0.15, -0.1) is 6.58 Å². The first-order valence-electron chi connectivity index (χ1n) is 5.54. The maximum atomic E-state index is 5.34. The lowest BCUT2D eigenvalue weighted by molar-refractivity contribution is 0.412. The van der Waals surface area contributed by atoms with Crippen LogP contribution in [0.2, 0.25) is 0 Å². The van der Waals surface area contributed by atoms with Crippen LogP contribution in [0.5, 0.6) is 5.75 Å². The van der Waals surface area contributed by atoms with Crippen molar-refractivity contribution in [2.45, 2.75) is 33.1 Å². The molecule has 1 nitrogen and oxygen atoms in total. The van der Waals surface area contributed by atoms with E-state index in [1.807, 2.05) is 12.1 Å². The van der Waals surface area contributed by atoms with Crippen molar-refractivity contribution in [2.24, 2.45) is 0 Å². The van der Waals surface area contributed by atoms with Crippen molar-refractivity contribution in [2.75, 3.05) is 7.11 Å². The van der Waals surface area contributed by atoms with Gasteiger partial charge in [-0.2, -0.15) is 0 Å². The third-order valence-corrected chi connectivity index (χ3v) is 2.77. The Morgan fingerprint density at radius 3 is 2.31 bits per heavy atom. The van der Waals surface area contributed by atoms with Crippen LogP contribution in [-0.4, -0.2) is 7.11 Å². The molecule has 0 saturated carbocycles. The number of benzene rings is 1. The van der Waals surface area contributed by atoms with Crippen molar-refractivity contribution in [3.05, 3.63) is 47.9 Å². The monoisotopic (exact) mass is 217 g/mol. The van der Waals surface area contributed by atoms with Crippen molar-refractivity contribution in [3.8, 4) is 5.75 Å². The van der Waals surface area contributed by atoms with E-state index < -0.39 is 0 Å². The minimum absolute atomic E-state index is 0.130. The Balaban J connectivity index is 3.26. The van der Waals surface area contributed by atoms with Gasteiger partial charge in [0.05, 0.1) is 7.11 Å². The highest BCUT2D eigenvalue weighted by Crippen LogP contribution is 2.30. The number of methoxy groups -OCH3 is 1. The lowest BCUT2D eigenvalue weighted by Crippen LogP contribution is -2.12. The lowest BCUT2D eigenvalue weighted by Gasteiger charge is -2.21. The second kappa shape index (κ2) is 4.73. The van der Waals surface area contributed by atoms with Gasteiger partial charge in [0.2, 0.25) is 0 Å². The van der Waals surface area contributed by atoms with Crippen LogP contribution >= 0.6 is 0 Å². The van der Waals surface area contributed by atoms with Crippen molar-refractivity contribution in [3.63, 3.8) is 0 Å². The first-order valence-corrected chi connectivity index (χ1v) is 5.54. The topological polar surface area (TPSA) is 9.23 Å². The van der Waals surface area contributed by atoms with Crippen molar-refractivity contribution in [1.29, 1.82) is 0 Å². The highest BCUT2D eigenvalue weighted by atomic mass is 16.5. The summed E-state index contributed by atoms with van der Waals surface area (Å²) in [5.41, 5.74) is 2.59. The maximum absolute atomic E-state index is 5.34. The molecule has 0 aliphatic heterocycles. The van der Waals surface area contributed by atoms with Gasteiger partial charge in [-0.1, -0.05) is 39.8 Å². The summed E-state index contributed by atoms with van der Waals surface area (Å²) in [6.45, 7) is 12.5. The van der Waals surface area contributed by atoms with E-state index in [2.05, 4.69) is 46.4 Å². The average molecular weight is 217 g/mol. The zero-order valence-electron chi connectivity index (χ0n) is 10.9. The van der Waals surface area contributed by atoms with Crippen LogP contribution in [0, 0.1) is 5.92 Å². The van der Waals surface area contributed by atoms with E-state index in [1.165, 1.54) is 17.0 Å². The smallest absolute Gasteiger partial charge is 0.119 e. The molecule has 1 aromatic carbocycles. The molecule has 0 bridgehead atoms. The summed E-state index contributed by atoms with van der Waals surface area (Å²) in [4.78, 5) is 0. The number of hydrogen-bond acceptors (Lipinski definition) is 1. The van der Waals surface area contributed by atoms with Gasteiger partial charge in [0.1, 0.15) is 5.75 Å². The Kier molecular flexibility index (Phi) is 3.79. The molecule has 1 heteroatoms. The fourth-order valence-electron chi connectivity index (χ4n) is 1.50. The van der Waals surface area contributed by atoms with Crippen molar-refractivity contribution in [1.82, 2.24) is 0 Å². The molecular formula is C15H21O. The second-order valence-electron chi connectivity index (χ2n) is 5.09. The van der Waals surface area contributed by atoms with E-state index in [0.29, 0.717) is 0 Å². The van der Waals surface area contributed by atoms with Gasteiger partial charge in [-0.3, -0.25) is 0 Å². The third kappa shape index (κ3) is 2.88. The first kappa shape index (κ1) is 12.8. The molecule has 0 aliphatic rings. The average Bonchev–Trinajstić information content (AvgIpc) is 2.26. The Hall–Kier alpha value is -1.24. The van der Waals surface area contributed by atoms with Gasteiger partial charge in [-0.25, -0.2) is 0 Å². The molecule has 0 N–H and O–H groups in total. The summed E-state index contributed by atoms with van der Waals surface area (Å²) >= 11 is 0. The largest absolute Gasteiger partial charge is 0.497 e. The lowest BCUT2D eigenvalue weighted by atomic mass is 9.84. The molecule has 0 aromatic heterocycles. The molecular weight excluding hydrogens is 196 g/mol. The summed E-state index contributed by atoms with van der Waals surface area (Å²) in [5.74, 6) is 2.08. The Bertz CT molecular complexity index is 372. The zero-order chi connectivity index (χ0) is 12.3. The number of ether oxygens (including phenoxy) is 1. The van der Waals surface area contributed by atoms with E-state index >= 15 is 0 Å². The molecule has 0 saturated heterocycles. The van der Waals surface area contributed by atoms with Crippen LogP contribution < -0.4 is 4.74 Å². The highest BCUT2D eigenvalue weighted by Gasteiger charge is 2.16. The van der Waals surface area contributed by atoms with E-state index in [0.717, 1.165) is 5.75 Å².